The van der Waals surface area contributed by atoms with Gasteiger partial charge in [0.15, 0.2) is 9.84 Å². The Morgan fingerprint density at radius 3 is 1.94 bits per heavy atom. The minimum Gasteiger partial charge on any atom is -0.353 e. The summed E-state index contributed by atoms with van der Waals surface area (Å²) in [6, 6.07) is 7.21. The highest BCUT2D eigenvalue weighted by Gasteiger charge is 2.73. The average Bonchev–Trinajstić information content (AvgIpc) is 3.48. The van der Waals surface area contributed by atoms with Gasteiger partial charge in [-0.1, -0.05) is 69.7 Å². The van der Waals surface area contributed by atoms with Crippen LogP contribution in [0.2, 0.25) is 0 Å². The molecule has 260 valence electrons. The molecule has 0 radical (unpaired) electrons. The number of likely N-dealkylation sites (tertiary alicyclic amines) is 1. The van der Waals surface area contributed by atoms with Crippen LogP contribution in [0.15, 0.2) is 53.4 Å². The molecular formula is C34H40F7NO4S. The number of ether oxygens (including phenoxy) is 1. The lowest BCUT2D eigenvalue weighted by atomic mass is 9.76. The van der Waals surface area contributed by atoms with E-state index in [1.165, 1.54) is 4.90 Å². The minimum atomic E-state index is -5.90. The third-order valence-corrected chi connectivity index (χ3v) is 12.9. The first-order valence-electron chi connectivity index (χ1n) is 16.1. The summed E-state index contributed by atoms with van der Waals surface area (Å²) in [5.74, 6) is -1.21. The minimum absolute atomic E-state index is 0.0221. The fourth-order valence-electron chi connectivity index (χ4n) is 7.60. The van der Waals surface area contributed by atoms with E-state index in [1.54, 1.807) is 6.92 Å². The first-order valence-corrected chi connectivity index (χ1v) is 17.6. The Bertz CT molecular complexity index is 1500. The summed E-state index contributed by atoms with van der Waals surface area (Å²) < 4.78 is 133. The smallest absolute Gasteiger partial charge is 0.353 e. The molecule has 2 aliphatic carbocycles. The Hall–Kier alpha value is -2.67. The van der Waals surface area contributed by atoms with Crippen LogP contribution in [0.25, 0.3) is 0 Å². The van der Waals surface area contributed by atoms with Crippen molar-refractivity contribution in [2.24, 2.45) is 11.3 Å². The molecule has 2 aromatic rings. The fraction of sp³-hybridized carbons (Fsp3) is 0.618. The molecule has 0 aromatic heterocycles. The van der Waals surface area contributed by atoms with E-state index in [1.807, 2.05) is 0 Å². The molecule has 1 atom stereocenters. The molecular weight excluding hydrogens is 651 g/mol. The number of benzene rings is 2. The van der Waals surface area contributed by atoms with Gasteiger partial charge in [0.1, 0.15) is 10.6 Å². The molecule has 5 rings (SSSR count). The summed E-state index contributed by atoms with van der Waals surface area (Å²) in [6.45, 7) is 0.528. The molecule has 47 heavy (non-hydrogen) atoms. The van der Waals surface area contributed by atoms with Gasteiger partial charge in [-0.3, -0.25) is 4.79 Å². The van der Waals surface area contributed by atoms with Crippen molar-refractivity contribution in [2.45, 2.75) is 105 Å². The number of halogens is 7. The topological polar surface area (TPSA) is 63.7 Å². The molecule has 2 aromatic carbocycles. The summed E-state index contributed by atoms with van der Waals surface area (Å²) in [7, 11) is -4.44. The molecule has 0 N–H and O–H groups in total. The van der Waals surface area contributed by atoms with Crippen molar-refractivity contribution in [1.29, 1.82) is 0 Å². The lowest BCUT2D eigenvalue weighted by molar-refractivity contribution is -0.393. The Morgan fingerprint density at radius 1 is 0.830 bits per heavy atom. The molecule has 1 amide bonds. The van der Waals surface area contributed by atoms with Crippen LogP contribution < -0.4 is 0 Å². The van der Waals surface area contributed by atoms with Gasteiger partial charge in [-0.15, -0.1) is 0 Å². The van der Waals surface area contributed by atoms with Gasteiger partial charge in [0, 0.05) is 24.6 Å². The van der Waals surface area contributed by atoms with Crippen LogP contribution in [0.4, 0.5) is 30.7 Å². The van der Waals surface area contributed by atoms with Crippen molar-refractivity contribution in [3.05, 3.63) is 65.5 Å². The molecule has 2 saturated carbocycles. The molecule has 0 spiro atoms. The summed E-state index contributed by atoms with van der Waals surface area (Å²) >= 11 is 0. The second-order valence-electron chi connectivity index (χ2n) is 13.7. The van der Waals surface area contributed by atoms with E-state index in [0.717, 1.165) is 62.1 Å². The lowest BCUT2D eigenvalue weighted by Gasteiger charge is -2.41. The maximum Gasteiger partial charge on any atom is 0.430 e. The van der Waals surface area contributed by atoms with Gasteiger partial charge in [-0.05, 0) is 67.3 Å². The van der Waals surface area contributed by atoms with E-state index in [9.17, 15) is 43.9 Å². The Kier molecular flexibility index (Phi) is 9.84. The second kappa shape index (κ2) is 13.0. The molecule has 3 aliphatic rings. The Morgan fingerprint density at radius 2 is 1.38 bits per heavy atom. The third kappa shape index (κ3) is 6.55. The number of rotatable bonds is 8. The number of hydrogen-bond acceptors (Lipinski definition) is 4. The zero-order valence-electron chi connectivity index (χ0n) is 26.2. The van der Waals surface area contributed by atoms with E-state index in [4.69, 9.17) is 4.74 Å². The summed E-state index contributed by atoms with van der Waals surface area (Å²) in [4.78, 5) is 14.6. The van der Waals surface area contributed by atoms with Gasteiger partial charge in [0.25, 0.3) is 5.60 Å². The largest absolute Gasteiger partial charge is 0.430 e. The van der Waals surface area contributed by atoms with Gasteiger partial charge < -0.3 is 9.64 Å². The molecule has 1 aliphatic heterocycles. The van der Waals surface area contributed by atoms with Crippen LogP contribution in [0, 0.1) is 17.2 Å². The van der Waals surface area contributed by atoms with Crippen LogP contribution in [-0.4, -0.2) is 51.3 Å². The number of amides is 1. The molecule has 13 heteroatoms. The third-order valence-electron chi connectivity index (χ3n) is 10.4. The highest BCUT2D eigenvalue weighted by atomic mass is 32.2. The zero-order valence-corrected chi connectivity index (χ0v) is 27.0. The van der Waals surface area contributed by atoms with Gasteiger partial charge in [-0.25, -0.2) is 12.8 Å². The highest BCUT2D eigenvalue weighted by molar-refractivity contribution is 7.92. The van der Waals surface area contributed by atoms with E-state index >= 15 is 0 Å². The molecule has 1 heterocycles. The van der Waals surface area contributed by atoms with Crippen LogP contribution in [0.1, 0.15) is 88.7 Å². The van der Waals surface area contributed by atoms with Gasteiger partial charge in [-0.2, -0.15) is 26.3 Å². The molecule has 0 unspecified atom stereocenters. The Labute approximate surface area is 270 Å². The van der Waals surface area contributed by atoms with Crippen LogP contribution in [0.3, 0.4) is 0 Å². The van der Waals surface area contributed by atoms with Crippen molar-refractivity contribution in [1.82, 2.24) is 4.90 Å². The van der Waals surface area contributed by atoms with Crippen molar-refractivity contribution >= 4 is 15.7 Å². The van der Waals surface area contributed by atoms with E-state index in [0.29, 0.717) is 50.7 Å². The average molecular weight is 692 g/mol. The van der Waals surface area contributed by atoms with E-state index in [2.05, 4.69) is 0 Å². The predicted octanol–water partition coefficient (Wildman–Crippen LogP) is 8.61. The maximum atomic E-state index is 14.7. The Balaban J connectivity index is 1.57. The van der Waals surface area contributed by atoms with Crippen LogP contribution in [0.5, 0.6) is 0 Å². The highest BCUT2D eigenvalue weighted by Crippen LogP contribution is 2.55. The summed E-state index contributed by atoms with van der Waals surface area (Å²) in [5.41, 5.74) is -6.81. The van der Waals surface area contributed by atoms with Crippen molar-refractivity contribution in [2.75, 3.05) is 19.7 Å². The maximum absolute atomic E-state index is 14.7. The monoisotopic (exact) mass is 691 g/mol. The molecule has 5 nitrogen and oxygen atoms in total. The first kappa shape index (κ1) is 35.6. The number of sulfone groups is 1. The lowest BCUT2D eigenvalue weighted by Crippen LogP contribution is -2.57. The number of hydrogen-bond donors (Lipinski definition) is 0. The first-order chi connectivity index (χ1) is 22.0. The summed E-state index contributed by atoms with van der Waals surface area (Å²) in [5, 5.41) is 0. The fourth-order valence-corrected chi connectivity index (χ4v) is 9.68. The van der Waals surface area contributed by atoms with Crippen molar-refractivity contribution in [3.63, 3.8) is 0 Å². The summed E-state index contributed by atoms with van der Waals surface area (Å²) in [6.07, 6.45) is -4.91. The van der Waals surface area contributed by atoms with Crippen molar-refractivity contribution < 1.29 is 48.7 Å². The number of carbonyl (C=O) groups excluding carboxylic acids is 1. The van der Waals surface area contributed by atoms with Crippen LogP contribution in [-0.2, 0) is 29.7 Å². The van der Waals surface area contributed by atoms with E-state index < -0.39 is 55.9 Å². The zero-order chi connectivity index (χ0) is 34.3. The molecule has 0 bridgehead atoms. The molecule has 3 fully saturated rings. The second-order valence-corrected chi connectivity index (χ2v) is 16.0. The van der Waals surface area contributed by atoms with Gasteiger partial charge in [0.05, 0.1) is 11.5 Å². The van der Waals surface area contributed by atoms with Crippen LogP contribution >= 0.6 is 0 Å². The predicted molar refractivity (Wildman–Crippen MR) is 160 cm³/mol. The van der Waals surface area contributed by atoms with Gasteiger partial charge >= 0.3 is 12.4 Å². The standard InChI is InChI=1S/C34H40F7NO4S/c1-30(18-6-3-7-19-30)23-46-32(33(36,37)38,34(39,40)41)26-12-10-25(11-13-26)31(47(44,45)28-16-14-27(35)15-17-28)20-21-42(22-31)29(43)24-8-4-2-5-9-24/h10-17,24H,2-9,18-23H2,1H3/t31-/m0/s1. The number of carbonyl (C=O) groups is 1. The SMILES string of the molecule is CC1(COC(c2ccc([C@]3(S(=O)(=O)c4ccc(F)cc4)CCN(C(=O)C4CCCCC4)C3)cc2)(C(F)(F)F)C(F)(F)F)CCCCC1. The quantitative estimate of drug-likeness (QED) is 0.206. The number of nitrogens with zero attached hydrogens (tertiary/aromatic N) is 1. The van der Waals surface area contributed by atoms with E-state index in [-0.39, 0.29) is 41.8 Å². The number of alkyl halides is 6. The molecule has 1 saturated heterocycles. The van der Waals surface area contributed by atoms with Crippen molar-refractivity contribution in [3.8, 4) is 0 Å². The van der Waals surface area contributed by atoms with Gasteiger partial charge in [0.2, 0.25) is 5.91 Å². The normalized spacial score (nSPS) is 23.2.